The molecule has 0 saturated heterocycles. The normalized spacial score (nSPS) is 12.6. The van der Waals surface area contributed by atoms with Gasteiger partial charge >= 0.3 is 0 Å². The van der Waals surface area contributed by atoms with Crippen LogP contribution in [0.3, 0.4) is 0 Å². The highest BCUT2D eigenvalue weighted by atomic mass is 79.9. The maximum atomic E-state index is 9.25. The zero-order chi connectivity index (χ0) is 12.3. The smallest absolute Gasteiger partial charge is 0.0942 e. The molecule has 3 nitrogen and oxygen atoms in total. The summed E-state index contributed by atoms with van der Waals surface area (Å²) < 4.78 is 1.59. The van der Waals surface area contributed by atoms with Gasteiger partial charge in [-0.25, -0.2) is 0 Å². The van der Waals surface area contributed by atoms with Crippen molar-refractivity contribution < 1.29 is 10.2 Å². The van der Waals surface area contributed by atoms with Crippen LogP contribution < -0.4 is 5.32 Å². The summed E-state index contributed by atoms with van der Waals surface area (Å²) in [6, 6.07) is 1.89. The van der Waals surface area contributed by atoms with Gasteiger partial charge in [-0.05, 0) is 50.4 Å². The number of benzene rings is 1. The third kappa shape index (κ3) is 3.34. The predicted molar refractivity (Wildman–Crippen MR) is 73.2 cm³/mol. The summed E-state index contributed by atoms with van der Waals surface area (Å²) in [5.74, 6) is 0. The Morgan fingerprint density at radius 1 is 1.50 bits per heavy atom. The topological polar surface area (TPSA) is 52.5 Å². The fourth-order valence-corrected chi connectivity index (χ4v) is 2.92. The molecule has 0 heterocycles. The van der Waals surface area contributed by atoms with E-state index in [-0.39, 0.29) is 13.2 Å². The lowest BCUT2D eigenvalue weighted by Gasteiger charge is -2.15. The van der Waals surface area contributed by atoms with Gasteiger partial charge in [0.2, 0.25) is 0 Å². The third-order valence-corrected chi connectivity index (χ3v) is 4.20. The largest absolute Gasteiger partial charge is 0.394 e. The van der Waals surface area contributed by atoms with E-state index in [9.17, 15) is 5.11 Å². The van der Waals surface area contributed by atoms with Gasteiger partial charge in [-0.15, -0.1) is 0 Å². The second-order valence-corrected chi connectivity index (χ2v) is 5.42. The molecule has 0 bridgehead atoms. The molecule has 0 fully saturated rings. The van der Waals surface area contributed by atoms with E-state index in [1.165, 1.54) is 0 Å². The Morgan fingerprint density at radius 3 is 2.69 bits per heavy atom. The molecule has 90 valence electrons. The molecular weight excluding hydrogens is 361 g/mol. The van der Waals surface area contributed by atoms with E-state index in [2.05, 4.69) is 37.2 Å². The molecule has 0 saturated carbocycles. The van der Waals surface area contributed by atoms with Crippen molar-refractivity contribution in [2.75, 3.05) is 18.5 Å². The number of halogens is 3. The van der Waals surface area contributed by atoms with Crippen molar-refractivity contribution in [1.82, 2.24) is 0 Å². The first-order valence-electron chi connectivity index (χ1n) is 4.64. The molecule has 0 aromatic heterocycles. The summed E-state index contributed by atoms with van der Waals surface area (Å²) in [7, 11) is 0. The summed E-state index contributed by atoms with van der Waals surface area (Å²) >= 11 is 12.9. The van der Waals surface area contributed by atoms with Gasteiger partial charge in [0.05, 0.1) is 27.9 Å². The van der Waals surface area contributed by atoms with E-state index in [0.717, 1.165) is 20.2 Å². The van der Waals surface area contributed by atoms with Crippen molar-refractivity contribution in [3.63, 3.8) is 0 Å². The fraction of sp³-hybridized carbons (Fsp3) is 0.400. The zero-order valence-electron chi connectivity index (χ0n) is 8.60. The van der Waals surface area contributed by atoms with Crippen LogP contribution in [0.4, 0.5) is 5.69 Å². The van der Waals surface area contributed by atoms with Gasteiger partial charge in [-0.3, -0.25) is 0 Å². The molecule has 1 atom stereocenters. The molecule has 1 aromatic carbocycles. The Bertz CT molecular complexity index is 388. The first kappa shape index (κ1) is 14.3. The summed E-state index contributed by atoms with van der Waals surface area (Å²) in [5.41, 5.74) is 1.72. The lowest BCUT2D eigenvalue weighted by atomic mass is 10.2. The molecule has 0 aliphatic heterocycles. The summed E-state index contributed by atoms with van der Waals surface area (Å²) in [6.45, 7) is 1.89. The molecule has 0 aliphatic carbocycles. The van der Waals surface area contributed by atoms with Crippen molar-refractivity contribution in [2.24, 2.45) is 0 Å². The first-order valence-corrected chi connectivity index (χ1v) is 6.60. The van der Waals surface area contributed by atoms with E-state index in [1.54, 1.807) is 0 Å². The minimum Gasteiger partial charge on any atom is -0.394 e. The first-order chi connectivity index (χ1) is 7.47. The van der Waals surface area contributed by atoms with Gasteiger partial charge < -0.3 is 15.5 Å². The van der Waals surface area contributed by atoms with Crippen LogP contribution in [0.2, 0.25) is 5.02 Å². The molecule has 6 heteroatoms. The standard InChI is InChI=1S/C10H12Br2ClNO2/c1-5-2-7(11)10(8(12)9(5)13)14-3-6(16)4-15/h2,6,14-16H,3-4H2,1H3. The van der Waals surface area contributed by atoms with Gasteiger partial charge in [-0.2, -0.15) is 0 Å². The van der Waals surface area contributed by atoms with E-state index < -0.39 is 6.10 Å². The molecule has 0 spiro atoms. The highest BCUT2D eigenvalue weighted by Crippen LogP contribution is 2.38. The Morgan fingerprint density at radius 2 is 2.12 bits per heavy atom. The van der Waals surface area contributed by atoms with Gasteiger partial charge in [-0.1, -0.05) is 11.6 Å². The van der Waals surface area contributed by atoms with Crippen LogP contribution in [0.25, 0.3) is 0 Å². The number of anilines is 1. The number of rotatable bonds is 4. The highest BCUT2D eigenvalue weighted by molar-refractivity contribution is 9.11. The second-order valence-electron chi connectivity index (χ2n) is 3.40. The van der Waals surface area contributed by atoms with Crippen LogP contribution in [0.1, 0.15) is 5.56 Å². The molecule has 0 amide bonds. The number of aliphatic hydroxyl groups is 2. The Balaban J connectivity index is 2.92. The van der Waals surface area contributed by atoms with Gasteiger partial charge in [0, 0.05) is 11.0 Å². The molecule has 0 aliphatic rings. The second kappa shape index (κ2) is 6.21. The molecular formula is C10H12Br2ClNO2. The van der Waals surface area contributed by atoms with Crippen LogP contribution in [-0.2, 0) is 0 Å². The van der Waals surface area contributed by atoms with Crippen molar-refractivity contribution in [3.8, 4) is 0 Å². The molecule has 1 unspecified atom stereocenters. The summed E-state index contributed by atoms with van der Waals surface area (Å²) in [6.07, 6.45) is -0.793. The quantitative estimate of drug-likeness (QED) is 0.712. The summed E-state index contributed by atoms with van der Waals surface area (Å²) in [4.78, 5) is 0. The van der Waals surface area contributed by atoms with Crippen LogP contribution in [0.5, 0.6) is 0 Å². The van der Waals surface area contributed by atoms with E-state index >= 15 is 0 Å². The average molecular weight is 373 g/mol. The van der Waals surface area contributed by atoms with E-state index in [0.29, 0.717) is 5.02 Å². The predicted octanol–water partition coefficient (Wildman–Crippen LogP) is 2.94. The maximum Gasteiger partial charge on any atom is 0.0942 e. The minimum absolute atomic E-state index is 0.257. The van der Waals surface area contributed by atoms with Crippen LogP contribution in [-0.4, -0.2) is 29.5 Å². The molecule has 16 heavy (non-hydrogen) atoms. The number of aliphatic hydroxyl groups excluding tert-OH is 2. The molecule has 0 radical (unpaired) electrons. The average Bonchev–Trinajstić information content (AvgIpc) is 2.25. The Kier molecular flexibility index (Phi) is 5.53. The van der Waals surface area contributed by atoms with Crippen molar-refractivity contribution in [3.05, 3.63) is 25.6 Å². The molecule has 3 N–H and O–H groups in total. The third-order valence-electron chi connectivity index (χ3n) is 2.07. The molecule has 1 aromatic rings. The number of nitrogens with one attached hydrogen (secondary N) is 1. The number of hydrogen-bond donors (Lipinski definition) is 3. The number of aryl methyl sites for hydroxylation is 1. The van der Waals surface area contributed by atoms with Gasteiger partial charge in [0.15, 0.2) is 0 Å². The summed E-state index contributed by atoms with van der Waals surface area (Å²) in [5, 5.41) is 21.6. The molecule has 1 rings (SSSR count). The van der Waals surface area contributed by atoms with Crippen molar-refractivity contribution in [2.45, 2.75) is 13.0 Å². The van der Waals surface area contributed by atoms with Crippen LogP contribution in [0, 0.1) is 6.92 Å². The lowest BCUT2D eigenvalue weighted by molar-refractivity contribution is 0.105. The van der Waals surface area contributed by atoms with Crippen LogP contribution in [0.15, 0.2) is 15.0 Å². The monoisotopic (exact) mass is 371 g/mol. The van der Waals surface area contributed by atoms with E-state index in [4.69, 9.17) is 16.7 Å². The lowest BCUT2D eigenvalue weighted by Crippen LogP contribution is -2.23. The van der Waals surface area contributed by atoms with Gasteiger partial charge in [0.25, 0.3) is 0 Å². The van der Waals surface area contributed by atoms with E-state index in [1.807, 2.05) is 13.0 Å². The zero-order valence-corrected chi connectivity index (χ0v) is 12.5. The Labute approximate surface area is 116 Å². The SMILES string of the molecule is Cc1cc(Br)c(NCC(O)CO)c(Br)c1Cl. The number of hydrogen-bond acceptors (Lipinski definition) is 3. The maximum absolute atomic E-state index is 9.25. The van der Waals surface area contributed by atoms with Crippen molar-refractivity contribution >= 4 is 49.1 Å². The highest BCUT2D eigenvalue weighted by Gasteiger charge is 2.12. The Hall–Kier alpha value is 0.190. The van der Waals surface area contributed by atoms with Gasteiger partial charge in [0.1, 0.15) is 0 Å². The van der Waals surface area contributed by atoms with Crippen LogP contribution >= 0.6 is 43.5 Å². The minimum atomic E-state index is -0.793. The fourth-order valence-electron chi connectivity index (χ4n) is 1.16. The van der Waals surface area contributed by atoms with Crippen molar-refractivity contribution in [1.29, 1.82) is 0 Å².